The van der Waals surface area contributed by atoms with Crippen LogP contribution in [0.25, 0.3) is 0 Å². The molecule has 0 aliphatic carbocycles. The van der Waals surface area contributed by atoms with Gasteiger partial charge < -0.3 is 4.90 Å². The fraction of sp³-hybridized carbons (Fsp3) is 0.444. The standard InChI is InChI=1S/C9H11NO/c11-9-6-3-5-8-4-1-2-7-10(8)9/h1-3,5,8H,4,6-7H2/t8-/m1/s1. The number of carbonyl (C=O) groups excluding carboxylic acids is 1. The fourth-order valence-corrected chi connectivity index (χ4v) is 1.60. The van der Waals surface area contributed by atoms with Crippen molar-refractivity contribution in [3.8, 4) is 0 Å². The Morgan fingerprint density at radius 2 is 2.27 bits per heavy atom. The molecule has 0 aromatic heterocycles. The monoisotopic (exact) mass is 149 g/mol. The average molecular weight is 149 g/mol. The van der Waals surface area contributed by atoms with Crippen LogP contribution < -0.4 is 0 Å². The van der Waals surface area contributed by atoms with Crippen molar-refractivity contribution < 1.29 is 4.79 Å². The molecule has 0 aromatic carbocycles. The van der Waals surface area contributed by atoms with Crippen molar-refractivity contribution in [1.82, 2.24) is 4.90 Å². The summed E-state index contributed by atoms with van der Waals surface area (Å²) in [6.07, 6.45) is 9.89. The summed E-state index contributed by atoms with van der Waals surface area (Å²) >= 11 is 0. The van der Waals surface area contributed by atoms with Gasteiger partial charge in [0.05, 0.1) is 6.04 Å². The minimum Gasteiger partial charge on any atom is -0.332 e. The molecule has 0 radical (unpaired) electrons. The normalized spacial score (nSPS) is 28.9. The number of hydrogen-bond acceptors (Lipinski definition) is 1. The van der Waals surface area contributed by atoms with Crippen LogP contribution in [-0.2, 0) is 4.79 Å². The summed E-state index contributed by atoms with van der Waals surface area (Å²) in [5.41, 5.74) is 0. The molecule has 1 atom stereocenters. The van der Waals surface area contributed by atoms with E-state index >= 15 is 0 Å². The van der Waals surface area contributed by atoms with E-state index in [0.29, 0.717) is 12.5 Å². The van der Waals surface area contributed by atoms with E-state index in [2.05, 4.69) is 18.2 Å². The van der Waals surface area contributed by atoms with Crippen LogP contribution in [0.2, 0.25) is 0 Å². The van der Waals surface area contributed by atoms with Gasteiger partial charge in [-0.25, -0.2) is 0 Å². The van der Waals surface area contributed by atoms with Crippen LogP contribution in [0.15, 0.2) is 24.3 Å². The Morgan fingerprint density at radius 1 is 1.36 bits per heavy atom. The lowest BCUT2D eigenvalue weighted by molar-refractivity contribution is -0.131. The van der Waals surface area contributed by atoms with Crippen molar-refractivity contribution in [2.24, 2.45) is 0 Å². The van der Waals surface area contributed by atoms with Gasteiger partial charge in [0.15, 0.2) is 0 Å². The van der Waals surface area contributed by atoms with Gasteiger partial charge in [-0.3, -0.25) is 4.79 Å². The van der Waals surface area contributed by atoms with E-state index in [0.717, 1.165) is 13.0 Å². The molecule has 2 nitrogen and oxygen atoms in total. The van der Waals surface area contributed by atoms with Crippen LogP contribution in [0.4, 0.5) is 0 Å². The second-order valence-corrected chi connectivity index (χ2v) is 2.95. The first-order chi connectivity index (χ1) is 5.38. The molecular formula is C9H11NO. The number of rotatable bonds is 0. The van der Waals surface area contributed by atoms with Gasteiger partial charge in [0, 0.05) is 13.0 Å². The maximum absolute atomic E-state index is 11.3. The summed E-state index contributed by atoms with van der Waals surface area (Å²) in [7, 11) is 0. The Bertz CT molecular complexity index is 230. The van der Waals surface area contributed by atoms with E-state index in [1.165, 1.54) is 0 Å². The molecule has 2 aliphatic heterocycles. The van der Waals surface area contributed by atoms with Gasteiger partial charge in [-0.1, -0.05) is 24.3 Å². The summed E-state index contributed by atoms with van der Waals surface area (Å²) in [6.45, 7) is 0.799. The molecule has 0 saturated heterocycles. The Kier molecular flexibility index (Phi) is 1.53. The summed E-state index contributed by atoms with van der Waals surface area (Å²) in [4.78, 5) is 13.2. The molecule has 0 saturated carbocycles. The maximum atomic E-state index is 11.3. The molecule has 2 heteroatoms. The molecule has 1 amide bonds. The van der Waals surface area contributed by atoms with Gasteiger partial charge in [0.25, 0.3) is 0 Å². The maximum Gasteiger partial charge on any atom is 0.227 e. The van der Waals surface area contributed by atoms with Gasteiger partial charge in [-0.05, 0) is 6.42 Å². The second-order valence-electron chi connectivity index (χ2n) is 2.95. The number of nitrogens with zero attached hydrogens (tertiary/aromatic N) is 1. The second kappa shape index (κ2) is 2.53. The highest BCUT2D eigenvalue weighted by atomic mass is 16.2. The van der Waals surface area contributed by atoms with E-state index in [1.807, 2.05) is 11.0 Å². The zero-order chi connectivity index (χ0) is 7.68. The van der Waals surface area contributed by atoms with Gasteiger partial charge in [-0.15, -0.1) is 0 Å². The first-order valence-corrected chi connectivity index (χ1v) is 3.99. The SMILES string of the molecule is O=C1CC=C[C@H]2CC=CCN12. The average Bonchev–Trinajstić information content (AvgIpc) is 2.06. The summed E-state index contributed by atoms with van der Waals surface area (Å²) in [5.74, 6) is 0.266. The van der Waals surface area contributed by atoms with Crippen molar-refractivity contribution in [2.75, 3.05) is 6.54 Å². The van der Waals surface area contributed by atoms with Gasteiger partial charge in [-0.2, -0.15) is 0 Å². The zero-order valence-electron chi connectivity index (χ0n) is 6.36. The molecule has 2 heterocycles. The lowest BCUT2D eigenvalue weighted by Gasteiger charge is -2.33. The molecule has 0 bridgehead atoms. The summed E-state index contributed by atoms with van der Waals surface area (Å²) in [5, 5.41) is 0. The smallest absolute Gasteiger partial charge is 0.227 e. The summed E-state index contributed by atoms with van der Waals surface area (Å²) < 4.78 is 0. The van der Waals surface area contributed by atoms with Crippen molar-refractivity contribution in [3.05, 3.63) is 24.3 Å². The van der Waals surface area contributed by atoms with E-state index in [-0.39, 0.29) is 5.91 Å². The van der Waals surface area contributed by atoms with Crippen LogP contribution in [-0.4, -0.2) is 23.4 Å². The van der Waals surface area contributed by atoms with Gasteiger partial charge >= 0.3 is 0 Å². The molecule has 0 spiro atoms. The molecule has 0 N–H and O–H groups in total. The summed E-state index contributed by atoms with van der Waals surface area (Å²) in [6, 6.07) is 0.348. The zero-order valence-corrected chi connectivity index (χ0v) is 6.36. The molecule has 11 heavy (non-hydrogen) atoms. The van der Waals surface area contributed by atoms with Crippen LogP contribution >= 0.6 is 0 Å². The molecule has 2 aliphatic rings. The molecule has 0 aromatic rings. The number of hydrogen-bond donors (Lipinski definition) is 0. The third kappa shape index (κ3) is 1.09. The highest BCUT2D eigenvalue weighted by Gasteiger charge is 2.23. The first kappa shape index (κ1) is 6.65. The Balaban J connectivity index is 2.23. The van der Waals surface area contributed by atoms with E-state index < -0.39 is 0 Å². The Morgan fingerprint density at radius 3 is 3.09 bits per heavy atom. The molecule has 0 unspecified atom stereocenters. The Labute approximate surface area is 66.2 Å². The lowest BCUT2D eigenvalue weighted by Crippen LogP contribution is -2.42. The van der Waals surface area contributed by atoms with E-state index in [4.69, 9.17) is 0 Å². The third-order valence-electron chi connectivity index (χ3n) is 2.22. The van der Waals surface area contributed by atoms with Crippen molar-refractivity contribution >= 4 is 5.91 Å². The predicted molar refractivity (Wildman–Crippen MR) is 43.0 cm³/mol. The lowest BCUT2D eigenvalue weighted by atomic mass is 10.0. The predicted octanol–water partition coefficient (Wildman–Crippen LogP) is 1.10. The fourth-order valence-electron chi connectivity index (χ4n) is 1.60. The van der Waals surface area contributed by atoms with E-state index in [9.17, 15) is 4.79 Å². The van der Waals surface area contributed by atoms with Crippen LogP contribution in [0, 0.1) is 0 Å². The first-order valence-electron chi connectivity index (χ1n) is 3.99. The Hall–Kier alpha value is -1.05. The minimum atomic E-state index is 0.266. The van der Waals surface area contributed by atoms with Crippen molar-refractivity contribution in [3.63, 3.8) is 0 Å². The third-order valence-corrected chi connectivity index (χ3v) is 2.22. The highest BCUT2D eigenvalue weighted by Crippen LogP contribution is 2.17. The van der Waals surface area contributed by atoms with Gasteiger partial charge in [0.1, 0.15) is 0 Å². The quantitative estimate of drug-likeness (QED) is 0.472. The number of fused-ring (bicyclic) bond motifs is 1. The number of amides is 1. The van der Waals surface area contributed by atoms with Crippen LogP contribution in [0.5, 0.6) is 0 Å². The molecule has 2 rings (SSSR count). The molecule has 0 fully saturated rings. The molecular weight excluding hydrogens is 138 g/mol. The topological polar surface area (TPSA) is 20.3 Å². The highest BCUT2D eigenvalue weighted by molar-refractivity contribution is 5.79. The molecule has 58 valence electrons. The van der Waals surface area contributed by atoms with Crippen molar-refractivity contribution in [2.45, 2.75) is 18.9 Å². The van der Waals surface area contributed by atoms with Gasteiger partial charge in [0.2, 0.25) is 5.91 Å². The van der Waals surface area contributed by atoms with Crippen LogP contribution in [0.1, 0.15) is 12.8 Å². The van der Waals surface area contributed by atoms with E-state index in [1.54, 1.807) is 0 Å². The largest absolute Gasteiger partial charge is 0.332 e. The van der Waals surface area contributed by atoms with Crippen LogP contribution in [0.3, 0.4) is 0 Å². The number of carbonyl (C=O) groups is 1. The van der Waals surface area contributed by atoms with Crippen molar-refractivity contribution in [1.29, 1.82) is 0 Å². The minimum absolute atomic E-state index is 0.266.